The third-order valence-electron chi connectivity index (χ3n) is 2.06. The number of halogens is 1. The molecule has 0 amide bonds. The van der Waals surface area contributed by atoms with Gasteiger partial charge in [0.1, 0.15) is 12.1 Å². The van der Waals surface area contributed by atoms with Crippen LogP contribution in [0.5, 0.6) is 0 Å². The van der Waals surface area contributed by atoms with Gasteiger partial charge in [-0.3, -0.25) is 10.1 Å². The molecule has 0 saturated carbocycles. The van der Waals surface area contributed by atoms with Gasteiger partial charge in [0.05, 0.1) is 11.0 Å². The van der Waals surface area contributed by atoms with E-state index in [-0.39, 0.29) is 5.69 Å². The molecule has 2 aromatic rings. The first-order valence-electron chi connectivity index (χ1n) is 4.37. The molecule has 82 valence electrons. The Kier molecular flexibility index (Phi) is 2.35. The van der Waals surface area contributed by atoms with Gasteiger partial charge in [0, 0.05) is 18.7 Å². The SMILES string of the molecule is Cn1cnnc1-c1cc(F)cc([N+](=O)[O-])c1. The second kappa shape index (κ2) is 3.69. The van der Waals surface area contributed by atoms with Crippen LogP contribution in [0.3, 0.4) is 0 Å². The van der Waals surface area contributed by atoms with Crippen molar-refractivity contribution in [1.82, 2.24) is 14.8 Å². The number of aryl methyl sites for hydroxylation is 1. The molecule has 16 heavy (non-hydrogen) atoms. The van der Waals surface area contributed by atoms with Crippen molar-refractivity contribution in [1.29, 1.82) is 0 Å². The molecule has 1 heterocycles. The van der Waals surface area contributed by atoms with Crippen LogP contribution in [0.15, 0.2) is 24.5 Å². The van der Waals surface area contributed by atoms with Crippen LogP contribution in [0.2, 0.25) is 0 Å². The number of nitro benzene ring substituents is 1. The Balaban J connectivity index is 2.58. The molecule has 0 aliphatic carbocycles. The highest BCUT2D eigenvalue weighted by molar-refractivity contribution is 5.59. The van der Waals surface area contributed by atoms with Crippen LogP contribution in [-0.2, 0) is 7.05 Å². The zero-order valence-corrected chi connectivity index (χ0v) is 8.29. The second-order valence-corrected chi connectivity index (χ2v) is 3.22. The average Bonchev–Trinajstić information content (AvgIpc) is 2.63. The first kappa shape index (κ1) is 10.2. The minimum atomic E-state index is -0.674. The Hall–Kier alpha value is -2.31. The Morgan fingerprint density at radius 3 is 2.75 bits per heavy atom. The maximum absolute atomic E-state index is 13.1. The minimum absolute atomic E-state index is 0.307. The summed E-state index contributed by atoms with van der Waals surface area (Å²) in [5.74, 6) is -0.296. The van der Waals surface area contributed by atoms with Crippen LogP contribution in [-0.4, -0.2) is 19.7 Å². The Morgan fingerprint density at radius 1 is 1.44 bits per heavy atom. The molecule has 2 rings (SSSR count). The van der Waals surface area contributed by atoms with Crippen LogP contribution in [0.1, 0.15) is 0 Å². The largest absolute Gasteiger partial charge is 0.317 e. The van der Waals surface area contributed by atoms with Crippen molar-refractivity contribution in [3.8, 4) is 11.4 Å². The van der Waals surface area contributed by atoms with Crippen molar-refractivity contribution in [2.45, 2.75) is 0 Å². The smallest absolute Gasteiger partial charge is 0.273 e. The summed E-state index contributed by atoms with van der Waals surface area (Å²) < 4.78 is 14.7. The summed E-state index contributed by atoms with van der Waals surface area (Å²) in [5.41, 5.74) is 0.0182. The number of hydrogen-bond acceptors (Lipinski definition) is 4. The normalized spacial score (nSPS) is 10.4. The first-order valence-corrected chi connectivity index (χ1v) is 4.37. The number of non-ortho nitro benzene ring substituents is 1. The lowest BCUT2D eigenvalue weighted by atomic mass is 10.2. The first-order chi connectivity index (χ1) is 7.58. The zero-order chi connectivity index (χ0) is 11.7. The molecule has 1 aromatic carbocycles. The van der Waals surface area contributed by atoms with E-state index < -0.39 is 10.7 Å². The number of nitro groups is 1. The van der Waals surface area contributed by atoms with E-state index >= 15 is 0 Å². The zero-order valence-electron chi connectivity index (χ0n) is 8.29. The predicted molar refractivity (Wildman–Crippen MR) is 53.1 cm³/mol. The van der Waals surface area contributed by atoms with Crippen molar-refractivity contribution in [2.24, 2.45) is 7.05 Å². The van der Waals surface area contributed by atoms with Crippen molar-refractivity contribution >= 4 is 5.69 Å². The van der Waals surface area contributed by atoms with Crippen LogP contribution in [0.4, 0.5) is 10.1 Å². The second-order valence-electron chi connectivity index (χ2n) is 3.22. The molecule has 6 nitrogen and oxygen atoms in total. The van der Waals surface area contributed by atoms with Crippen LogP contribution < -0.4 is 0 Å². The van der Waals surface area contributed by atoms with Crippen molar-refractivity contribution < 1.29 is 9.31 Å². The van der Waals surface area contributed by atoms with Crippen LogP contribution >= 0.6 is 0 Å². The van der Waals surface area contributed by atoms with E-state index in [0.29, 0.717) is 11.4 Å². The monoisotopic (exact) mass is 222 g/mol. The van der Waals surface area contributed by atoms with Gasteiger partial charge in [-0.15, -0.1) is 10.2 Å². The van der Waals surface area contributed by atoms with Crippen LogP contribution in [0.25, 0.3) is 11.4 Å². The number of aromatic nitrogens is 3. The fraction of sp³-hybridized carbons (Fsp3) is 0.111. The van der Waals surface area contributed by atoms with E-state index in [1.54, 1.807) is 11.6 Å². The summed E-state index contributed by atoms with van der Waals surface area (Å²) in [5, 5.41) is 17.9. The summed E-state index contributed by atoms with van der Waals surface area (Å²) in [6.45, 7) is 0. The lowest BCUT2D eigenvalue weighted by Gasteiger charge is -2.00. The maximum atomic E-state index is 13.1. The van der Waals surface area contributed by atoms with E-state index in [1.807, 2.05) is 0 Å². The average molecular weight is 222 g/mol. The summed E-state index contributed by atoms with van der Waals surface area (Å²) in [4.78, 5) is 9.91. The van der Waals surface area contributed by atoms with Gasteiger partial charge in [0.15, 0.2) is 5.82 Å². The quantitative estimate of drug-likeness (QED) is 0.570. The van der Waals surface area contributed by atoms with Gasteiger partial charge in [-0.25, -0.2) is 4.39 Å². The van der Waals surface area contributed by atoms with E-state index in [1.165, 1.54) is 18.5 Å². The molecule has 0 spiro atoms. The van der Waals surface area contributed by atoms with Gasteiger partial charge < -0.3 is 4.57 Å². The molecule has 0 atom stereocenters. The molecule has 0 saturated heterocycles. The van der Waals surface area contributed by atoms with Crippen LogP contribution in [0, 0.1) is 15.9 Å². The van der Waals surface area contributed by atoms with Gasteiger partial charge in [-0.05, 0) is 6.07 Å². The minimum Gasteiger partial charge on any atom is -0.317 e. The van der Waals surface area contributed by atoms with Gasteiger partial charge in [-0.1, -0.05) is 0 Å². The third kappa shape index (κ3) is 1.74. The highest BCUT2D eigenvalue weighted by Gasteiger charge is 2.13. The van der Waals surface area contributed by atoms with Crippen molar-refractivity contribution in [3.63, 3.8) is 0 Å². The lowest BCUT2D eigenvalue weighted by molar-refractivity contribution is -0.385. The van der Waals surface area contributed by atoms with E-state index in [2.05, 4.69) is 10.2 Å². The molecular weight excluding hydrogens is 215 g/mol. The molecule has 0 aliphatic rings. The number of benzene rings is 1. The molecule has 0 unspecified atom stereocenters. The van der Waals surface area contributed by atoms with E-state index in [0.717, 1.165) is 6.07 Å². The highest BCUT2D eigenvalue weighted by atomic mass is 19.1. The topological polar surface area (TPSA) is 73.8 Å². The lowest BCUT2D eigenvalue weighted by Crippen LogP contribution is -1.95. The summed E-state index contributed by atoms with van der Waals surface area (Å²) in [6, 6.07) is 3.30. The molecule has 0 fully saturated rings. The van der Waals surface area contributed by atoms with Gasteiger partial charge >= 0.3 is 0 Å². The summed E-state index contributed by atoms with van der Waals surface area (Å²) >= 11 is 0. The fourth-order valence-corrected chi connectivity index (χ4v) is 1.35. The Bertz CT molecular complexity index is 552. The van der Waals surface area contributed by atoms with Gasteiger partial charge in [0.2, 0.25) is 0 Å². The summed E-state index contributed by atoms with van der Waals surface area (Å²) in [6.07, 6.45) is 1.44. The van der Waals surface area contributed by atoms with Crippen molar-refractivity contribution in [3.05, 3.63) is 40.5 Å². The molecule has 1 aromatic heterocycles. The van der Waals surface area contributed by atoms with Crippen molar-refractivity contribution in [2.75, 3.05) is 0 Å². The number of rotatable bonds is 2. The predicted octanol–water partition coefficient (Wildman–Crippen LogP) is 1.53. The van der Waals surface area contributed by atoms with E-state index in [4.69, 9.17) is 0 Å². The third-order valence-corrected chi connectivity index (χ3v) is 2.06. The Labute approximate surface area is 89.5 Å². The standard InChI is InChI=1S/C9H7FN4O2/c1-13-5-11-12-9(13)6-2-7(10)4-8(3-6)14(15)16/h2-5H,1H3. The molecule has 0 N–H and O–H groups in total. The maximum Gasteiger partial charge on any atom is 0.273 e. The molecule has 0 bridgehead atoms. The fourth-order valence-electron chi connectivity index (χ4n) is 1.35. The molecule has 0 radical (unpaired) electrons. The van der Waals surface area contributed by atoms with Gasteiger partial charge in [-0.2, -0.15) is 0 Å². The van der Waals surface area contributed by atoms with Gasteiger partial charge in [0.25, 0.3) is 5.69 Å². The van der Waals surface area contributed by atoms with E-state index in [9.17, 15) is 14.5 Å². The molecule has 0 aliphatic heterocycles. The highest BCUT2D eigenvalue weighted by Crippen LogP contribution is 2.23. The molecular formula is C9H7FN4O2. The molecule has 7 heteroatoms. The number of hydrogen-bond donors (Lipinski definition) is 0. The summed E-state index contributed by atoms with van der Waals surface area (Å²) in [7, 11) is 1.67. The number of nitrogens with zero attached hydrogens (tertiary/aromatic N) is 4. The Morgan fingerprint density at radius 2 is 2.19 bits per heavy atom.